The van der Waals surface area contributed by atoms with Gasteiger partial charge in [0.2, 0.25) is 0 Å². The van der Waals surface area contributed by atoms with Gasteiger partial charge in [0.05, 0.1) is 23.5 Å². The van der Waals surface area contributed by atoms with Gasteiger partial charge in [-0.05, 0) is 54.1 Å². The van der Waals surface area contributed by atoms with E-state index < -0.39 is 27.4 Å². The van der Waals surface area contributed by atoms with Crippen molar-refractivity contribution in [1.82, 2.24) is 4.98 Å². The Morgan fingerprint density at radius 2 is 1.71 bits per heavy atom. The van der Waals surface area contributed by atoms with Crippen LogP contribution in [0.25, 0.3) is 0 Å². The molecule has 1 aliphatic heterocycles. The molecule has 8 heteroatoms. The van der Waals surface area contributed by atoms with E-state index in [9.17, 15) is 8.78 Å². The largest absolute Gasteiger partial charge is 0.378 e. The Hall–Kier alpha value is -1.99. The normalized spacial score (nSPS) is 16.2. The van der Waals surface area contributed by atoms with Crippen LogP contribution in [0.5, 0.6) is 0 Å². The molecule has 1 fully saturated rings. The predicted octanol–water partition coefficient (Wildman–Crippen LogP) is 6.35. The van der Waals surface area contributed by atoms with Crippen molar-refractivity contribution < 1.29 is 13.5 Å². The number of pyridine rings is 1. The van der Waals surface area contributed by atoms with Crippen molar-refractivity contribution in [2.45, 2.75) is 10.1 Å². The summed E-state index contributed by atoms with van der Waals surface area (Å²) in [4.78, 5) is 7.41. The third-order valence-electron chi connectivity index (χ3n) is 5.13. The van der Waals surface area contributed by atoms with Crippen molar-refractivity contribution in [3.63, 3.8) is 0 Å². The minimum absolute atomic E-state index is 0.203. The number of morpholine rings is 1. The lowest BCUT2D eigenvalue weighted by atomic mass is 10.0. The highest BCUT2D eigenvalue weighted by atomic mass is 35.5. The zero-order chi connectivity index (χ0) is 22.0. The first kappa shape index (κ1) is 22.2. The van der Waals surface area contributed by atoms with Gasteiger partial charge in [0.15, 0.2) is 0 Å². The van der Waals surface area contributed by atoms with Gasteiger partial charge in [0.1, 0.15) is 17.5 Å². The molecule has 0 bridgehead atoms. The summed E-state index contributed by atoms with van der Waals surface area (Å²) in [5, 5.41) is 0.360. The molecule has 0 saturated carbocycles. The third-order valence-corrected chi connectivity index (χ3v) is 7.65. The van der Waals surface area contributed by atoms with E-state index in [-0.39, 0.29) is 5.56 Å². The van der Waals surface area contributed by atoms with Gasteiger partial charge >= 0.3 is 0 Å². The minimum atomic E-state index is -0.794. The van der Waals surface area contributed by atoms with Gasteiger partial charge in [-0.3, -0.25) is 0 Å². The monoisotopic (exact) mass is 480 g/mol. The molecule has 0 N–H and O–H groups in total. The van der Waals surface area contributed by atoms with Crippen LogP contribution in [0.4, 0.5) is 14.6 Å². The molecule has 3 aromatic rings. The molecule has 0 aliphatic carbocycles. The molecule has 4 rings (SSSR count). The van der Waals surface area contributed by atoms with Crippen LogP contribution >= 0.6 is 33.7 Å². The molecule has 3 nitrogen and oxygen atoms in total. The number of rotatable bonds is 5. The van der Waals surface area contributed by atoms with Gasteiger partial charge in [-0.25, -0.2) is 13.8 Å². The van der Waals surface area contributed by atoms with Crippen molar-refractivity contribution in [2.24, 2.45) is 0 Å². The van der Waals surface area contributed by atoms with E-state index in [1.54, 1.807) is 18.3 Å². The molecule has 1 aliphatic rings. The lowest BCUT2D eigenvalue weighted by molar-refractivity contribution is 0.122. The zero-order valence-electron chi connectivity index (χ0n) is 16.5. The maximum absolute atomic E-state index is 14.9. The fourth-order valence-electron chi connectivity index (χ4n) is 3.54. The van der Waals surface area contributed by atoms with Crippen molar-refractivity contribution in [2.75, 3.05) is 31.2 Å². The van der Waals surface area contributed by atoms with Crippen LogP contribution < -0.4 is 4.90 Å². The Morgan fingerprint density at radius 3 is 2.42 bits per heavy atom. The second-order valence-electron chi connectivity index (χ2n) is 7.09. The van der Waals surface area contributed by atoms with E-state index in [4.69, 9.17) is 27.9 Å². The fourth-order valence-corrected chi connectivity index (χ4v) is 5.69. The summed E-state index contributed by atoms with van der Waals surface area (Å²) in [6.45, 7) is 2.60. The van der Waals surface area contributed by atoms with E-state index >= 15 is 0 Å². The van der Waals surface area contributed by atoms with E-state index in [1.165, 1.54) is 6.07 Å². The van der Waals surface area contributed by atoms with Gasteiger partial charge in [-0.1, -0.05) is 29.1 Å². The lowest BCUT2D eigenvalue weighted by Crippen LogP contribution is -2.36. The second-order valence-corrected chi connectivity index (χ2v) is 9.74. The van der Waals surface area contributed by atoms with Crippen molar-refractivity contribution in [1.29, 1.82) is 0 Å². The summed E-state index contributed by atoms with van der Waals surface area (Å²) in [7, 11) is -0.794. The molecule has 31 heavy (non-hydrogen) atoms. The van der Waals surface area contributed by atoms with Crippen LogP contribution in [0, 0.1) is 11.6 Å². The molecule has 2 heterocycles. The minimum Gasteiger partial charge on any atom is -0.378 e. The first-order valence-electron chi connectivity index (χ1n) is 9.65. The van der Waals surface area contributed by atoms with Crippen LogP contribution in [0.1, 0.15) is 16.4 Å². The van der Waals surface area contributed by atoms with Crippen LogP contribution in [-0.4, -0.2) is 37.2 Å². The quantitative estimate of drug-likeness (QED) is 0.397. The zero-order valence-corrected chi connectivity index (χ0v) is 18.9. The fraction of sp³-hybridized carbons (Fsp3) is 0.217. The average molecular weight is 481 g/mol. The second kappa shape index (κ2) is 9.65. The number of ether oxygens (including phenoxy) is 1. The van der Waals surface area contributed by atoms with Crippen molar-refractivity contribution >= 4 is 45.4 Å². The Balaban J connectivity index is 1.85. The average Bonchev–Trinajstić information content (AvgIpc) is 2.78. The first-order chi connectivity index (χ1) is 14.9. The van der Waals surface area contributed by atoms with E-state index in [2.05, 4.69) is 15.8 Å². The molecule has 1 saturated heterocycles. The van der Waals surface area contributed by atoms with Crippen molar-refractivity contribution in [3.8, 4) is 0 Å². The van der Waals surface area contributed by atoms with Gasteiger partial charge in [0, 0.05) is 34.8 Å². The van der Waals surface area contributed by atoms with Crippen LogP contribution in [-0.2, 0) is 4.74 Å². The Bertz CT molecular complexity index is 1110. The summed E-state index contributed by atoms with van der Waals surface area (Å²) >= 11 is 12.6. The topological polar surface area (TPSA) is 25.4 Å². The number of hydrogen-bond acceptors (Lipinski definition) is 3. The van der Waals surface area contributed by atoms with Gasteiger partial charge < -0.3 is 9.64 Å². The molecule has 1 aromatic heterocycles. The van der Waals surface area contributed by atoms with Gasteiger partial charge in [-0.2, -0.15) is 0 Å². The molecule has 2 atom stereocenters. The van der Waals surface area contributed by atoms with Gasteiger partial charge in [0.25, 0.3) is 0 Å². The molecule has 2 unspecified atom stereocenters. The predicted molar refractivity (Wildman–Crippen MR) is 125 cm³/mol. The molecular formula is C23H20Cl2F2N2OS. The number of aromatic nitrogens is 1. The number of hydrogen-bond donors (Lipinski definition) is 0. The van der Waals surface area contributed by atoms with Crippen molar-refractivity contribution in [3.05, 3.63) is 87.5 Å². The molecule has 2 aromatic carbocycles. The third kappa shape index (κ3) is 4.93. The highest BCUT2D eigenvalue weighted by molar-refractivity contribution is 8.14. The Labute approximate surface area is 192 Å². The van der Waals surface area contributed by atoms with Crippen LogP contribution in [0.2, 0.25) is 10.0 Å². The summed E-state index contributed by atoms with van der Waals surface area (Å²) in [6.07, 6.45) is 1.56. The molecule has 0 radical (unpaired) electrons. The number of halogens is 4. The Kier molecular flexibility index (Phi) is 6.92. The molecule has 0 spiro atoms. The Morgan fingerprint density at radius 1 is 1.00 bits per heavy atom. The van der Waals surface area contributed by atoms with Gasteiger partial charge in [-0.15, -0.1) is 10.5 Å². The summed E-state index contributed by atoms with van der Waals surface area (Å²) in [6, 6.07) is 12.5. The first-order valence-corrected chi connectivity index (χ1v) is 11.9. The summed E-state index contributed by atoms with van der Waals surface area (Å²) in [5.74, 6) is 4.02. The lowest BCUT2D eigenvalue weighted by Gasteiger charge is -2.29. The van der Waals surface area contributed by atoms with E-state index in [0.717, 1.165) is 22.8 Å². The standard InChI is InChI=1S/C23H20Cl2F2N2OS/c1-31(17-5-2-15(24)3-6-17)23(19-12-16(26)4-7-21(19)27)18-13-22(28-14-20(18)25)29-8-10-30-11-9-29/h2-7,12-14,23H,1,8-11H2. The molecular weight excluding hydrogens is 461 g/mol. The van der Waals surface area contributed by atoms with E-state index in [0.29, 0.717) is 41.9 Å². The smallest absolute Gasteiger partial charge is 0.129 e. The highest BCUT2D eigenvalue weighted by Gasteiger charge is 2.26. The molecule has 0 amide bonds. The number of benzene rings is 2. The SMILES string of the molecule is C=S(c1ccc(Cl)cc1)C(c1cc(F)ccc1F)c1cc(N2CCOCC2)ncc1Cl. The summed E-state index contributed by atoms with van der Waals surface area (Å²) < 4.78 is 34.5. The number of nitrogens with zero attached hydrogens (tertiary/aromatic N) is 2. The maximum atomic E-state index is 14.9. The summed E-state index contributed by atoms with van der Waals surface area (Å²) in [5.41, 5.74) is 0.852. The highest BCUT2D eigenvalue weighted by Crippen LogP contribution is 2.48. The van der Waals surface area contributed by atoms with Crippen LogP contribution in [0.3, 0.4) is 0 Å². The van der Waals surface area contributed by atoms with E-state index in [1.807, 2.05) is 18.2 Å². The maximum Gasteiger partial charge on any atom is 0.129 e. The molecule has 162 valence electrons. The van der Waals surface area contributed by atoms with Crippen LogP contribution in [0.15, 0.2) is 59.6 Å². The number of anilines is 1.